The van der Waals surface area contributed by atoms with E-state index in [1.807, 2.05) is 13.0 Å². The van der Waals surface area contributed by atoms with Gasteiger partial charge in [-0.25, -0.2) is 0 Å². The number of anilines is 1. The molecule has 2 atom stereocenters. The van der Waals surface area contributed by atoms with Crippen molar-refractivity contribution in [2.24, 2.45) is 0 Å². The van der Waals surface area contributed by atoms with Crippen LogP contribution in [0.25, 0.3) is 0 Å². The minimum atomic E-state index is 0.101. The summed E-state index contributed by atoms with van der Waals surface area (Å²) in [5.41, 5.74) is 2.70. The number of hydrogen-bond donors (Lipinski definition) is 0. The van der Waals surface area contributed by atoms with Gasteiger partial charge >= 0.3 is 0 Å². The smallest absolute Gasteiger partial charge is 0.142 e. The largest absolute Gasteiger partial charge is 0.495 e. The second-order valence-corrected chi connectivity index (χ2v) is 6.95. The number of rotatable bonds is 3. The minimum absolute atomic E-state index is 0.101. The van der Waals surface area contributed by atoms with Crippen LogP contribution in [0.5, 0.6) is 5.75 Å². The first-order valence-electron chi connectivity index (χ1n) is 6.95. The monoisotopic (exact) mass is 281 g/mol. The van der Waals surface area contributed by atoms with Crippen LogP contribution in [0.4, 0.5) is 5.69 Å². The van der Waals surface area contributed by atoms with Gasteiger partial charge in [0.05, 0.1) is 12.8 Å². The van der Waals surface area contributed by atoms with E-state index in [1.165, 1.54) is 11.3 Å². The second-order valence-electron chi connectivity index (χ2n) is 6.21. The molecule has 1 aromatic rings. The highest BCUT2D eigenvalue weighted by molar-refractivity contribution is 6.20. The van der Waals surface area contributed by atoms with E-state index < -0.39 is 0 Å². The van der Waals surface area contributed by atoms with Crippen molar-refractivity contribution in [2.75, 3.05) is 18.6 Å². The van der Waals surface area contributed by atoms with Crippen LogP contribution in [0.15, 0.2) is 18.2 Å². The molecule has 0 fully saturated rings. The molecule has 0 radical (unpaired) electrons. The average molecular weight is 282 g/mol. The molecule has 0 spiro atoms. The first-order valence-corrected chi connectivity index (χ1v) is 7.39. The number of nitrogens with zero attached hydrogens (tertiary/aromatic N) is 1. The fourth-order valence-electron chi connectivity index (χ4n) is 3.25. The highest BCUT2D eigenvalue weighted by atomic mass is 35.5. The molecule has 1 aromatic carbocycles. The number of benzene rings is 1. The van der Waals surface area contributed by atoms with Crippen molar-refractivity contribution in [1.82, 2.24) is 0 Å². The van der Waals surface area contributed by atoms with Gasteiger partial charge in [-0.05, 0) is 44.7 Å². The number of para-hydroxylation sites is 1. The summed E-state index contributed by atoms with van der Waals surface area (Å²) in [6.45, 7) is 9.76. The van der Waals surface area contributed by atoms with Gasteiger partial charge in [0.15, 0.2) is 0 Å². The molecule has 1 heterocycles. The lowest BCUT2D eigenvalue weighted by Crippen LogP contribution is -2.50. The fraction of sp³-hybridized carbons (Fsp3) is 0.625. The molecule has 19 heavy (non-hydrogen) atoms. The van der Waals surface area contributed by atoms with Crippen LogP contribution in [0, 0.1) is 0 Å². The molecule has 3 heteroatoms. The molecule has 0 bridgehead atoms. The number of halogens is 1. The third-order valence-corrected chi connectivity index (χ3v) is 4.16. The number of methoxy groups -OCH3 is 1. The van der Waals surface area contributed by atoms with Crippen LogP contribution in [0.3, 0.4) is 0 Å². The molecule has 0 saturated heterocycles. The van der Waals surface area contributed by atoms with Crippen molar-refractivity contribution >= 4 is 17.3 Å². The predicted octanol–water partition coefficient (Wildman–Crippen LogP) is 4.41. The summed E-state index contributed by atoms with van der Waals surface area (Å²) in [5, 5.41) is 0.116. The normalized spacial score (nSPS) is 22.8. The Balaban J connectivity index is 2.56. The first-order chi connectivity index (χ1) is 8.86. The molecule has 0 aromatic heterocycles. The fourth-order valence-corrected chi connectivity index (χ4v) is 3.39. The van der Waals surface area contributed by atoms with Crippen molar-refractivity contribution in [2.45, 2.75) is 50.9 Å². The van der Waals surface area contributed by atoms with E-state index in [1.54, 1.807) is 7.11 Å². The number of fused-ring (bicyclic) bond motifs is 1. The Morgan fingerprint density at radius 3 is 2.74 bits per heavy atom. The molecule has 0 N–H and O–H groups in total. The summed E-state index contributed by atoms with van der Waals surface area (Å²) >= 11 is 6.25. The van der Waals surface area contributed by atoms with E-state index in [0.29, 0.717) is 5.92 Å². The number of hydrogen-bond acceptors (Lipinski definition) is 2. The van der Waals surface area contributed by atoms with Gasteiger partial charge in [0.25, 0.3) is 0 Å². The SMILES string of the molecule is COc1cccc2c1N(CC(C)Cl)C(C)(C)CC2C. The molecule has 106 valence electrons. The van der Waals surface area contributed by atoms with E-state index in [-0.39, 0.29) is 10.9 Å². The summed E-state index contributed by atoms with van der Waals surface area (Å²) in [4.78, 5) is 2.42. The molecule has 0 aliphatic carbocycles. The van der Waals surface area contributed by atoms with Gasteiger partial charge in [0.2, 0.25) is 0 Å². The molecule has 0 saturated carbocycles. The molecule has 2 unspecified atom stereocenters. The highest BCUT2D eigenvalue weighted by Crippen LogP contribution is 2.47. The minimum Gasteiger partial charge on any atom is -0.495 e. The molecule has 1 aliphatic heterocycles. The van der Waals surface area contributed by atoms with Gasteiger partial charge < -0.3 is 9.64 Å². The molecule has 0 amide bonds. The van der Waals surface area contributed by atoms with Crippen LogP contribution in [0.2, 0.25) is 0 Å². The summed E-state index contributed by atoms with van der Waals surface area (Å²) in [5.74, 6) is 1.50. The Morgan fingerprint density at radius 1 is 1.47 bits per heavy atom. The van der Waals surface area contributed by atoms with Gasteiger partial charge in [-0.3, -0.25) is 0 Å². The van der Waals surface area contributed by atoms with Gasteiger partial charge in [0, 0.05) is 17.5 Å². The number of alkyl halides is 1. The van der Waals surface area contributed by atoms with Crippen molar-refractivity contribution < 1.29 is 4.74 Å². The average Bonchev–Trinajstić information content (AvgIpc) is 2.32. The van der Waals surface area contributed by atoms with E-state index in [2.05, 4.69) is 37.8 Å². The Labute approximate surface area is 121 Å². The summed E-state index contributed by atoms with van der Waals surface area (Å²) in [6, 6.07) is 6.33. The molecule has 2 rings (SSSR count). The molecular formula is C16H24ClNO. The summed E-state index contributed by atoms with van der Waals surface area (Å²) in [7, 11) is 1.74. The van der Waals surface area contributed by atoms with Crippen LogP contribution < -0.4 is 9.64 Å². The van der Waals surface area contributed by atoms with Crippen LogP contribution in [-0.4, -0.2) is 24.6 Å². The molecular weight excluding hydrogens is 258 g/mol. The summed E-state index contributed by atoms with van der Waals surface area (Å²) < 4.78 is 5.58. The third-order valence-electron chi connectivity index (χ3n) is 4.02. The Morgan fingerprint density at radius 2 is 2.16 bits per heavy atom. The van der Waals surface area contributed by atoms with Gasteiger partial charge in [-0.15, -0.1) is 11.6 Å². The van der Waals surface area contributed by atoms with Gasteiger partial charge in [-0.1, -0.05) is 19.1 Å². The summed E-state index contributed by atoms with van der Waals surface area (Å²) in [6.07, 6.45) is 1.14. The zero-order valence-corrected chi connectivity index (χ0v) is 13.3. The quantitative estimate of drug-likeness (QED) is 0.761. The number of ether oxygens (including phenoxy) is 1. The lowest BCUT2D eigenvalue weighted by Gasteiger charge is -2.48. The van der Waals surface area contributed by atoms with Gasteiger partial charge in [-0.2, -0.15) is 0 Å². The van der Waals surface area contributed by atoms with Crippen molar-refractivity contribution in [3.8, 4) is 5.75 Å². The standard InChI is InChI=1S/C16H24ClNO/c1-11-9-16(3,4)18(10-12(2)17)15-13(11)7-6-8-14(15)19-5/h6-8,11-12H,9-10H2,1-5H3. The van der Waals surface area contributed by atoms with E-state index in [0.717, 1.165) is 18.7 Å². The topological polar surface area (TPSA) is 12.5 Å². The third kappa shape index (κ3) is 2.69. The van der Waals surface area contributed by atoms with Crippen molar-refractivity contribution in [3.05, 3.63) is 23.8 Å². The maximum Gasteiger partial charge on any atom is 0.142 e. The van der Waals surface area contributed by atoms with Crippen LogP contribution in [-0.2, 0) is 0 Å². The van der Waals surface area contributed by atoms with Crippen LogP contribution in [0.1, 0.15) is 45.6 Å². The maximum absolute atomic E-state index is 6.25. The Bertz CT molecular complexity index is 456. The van der Waals surface area contributed by atoms with Crippen molar-refractivity contribution in [3.63, 3.8) is 0 Å². The lowest BCUT2D eigenvalue weighted by atomic mass is 9.79. The molecule has 2 nitrogen and oxygen atoms in total. The van der Waals surface area contributed by atoms with Crippen molar-refractivity contribution in [1.29, 1.82) is 0 Å². The lowest BCUT2D eigenvalue weighted by molar-refractivity contribution is 0.360. The second kappa shape index (κ2) is 5.24. The van der Waals surface area contributed by atoms with E-state index in [9.17, 15) is 0 Å². The zero-order valence-electron chi connectivity index (χ0n) is 12.5. The molecule has 1 aliphatic rings. The van der Waals surface area contributed by atoms with E-state index in [4.69, 9.17) is 16.3 Å². The van der Waals surface area contributed by atoms with Crippen LogP contribution >= 0.6 is 11.6 Å². The Hall–Kier alpha value is -0.890. The zero-order chi connectivity index (χ0) is 14.2. The first kappa shape index (κ1) is 14.5. The highest BCUT2D eigenvalue weighted by Gasteiger charge is 2.38. The van der Waals surface area contributed by atoms with E-state index >= 15 is 0 Å². The van der Waals surface area contributed by atoms with Gasteiger partial charge in [0.1, 0.15) is 5.75 Å². The maximum atomic E-state index is 6.25. The predicted molar refractivity (Wildman–Crippen MR) is 82.8 cm³/mol. The Kier molecular flexibility index (Phi) is 4.00.